The highest BCUT2D eigenvalue weighted by Crippen LogP contribution is 2.14. The van der Waals surface area contributed by atoms with Crippen LogP contribution in [0.25, 0.3) is 0 Å². The Kier molecular flexibility index (Phi) is 1.02. The summed E-state index contributed by atoms with van der Waals surface area (Å²) in [5.41, 5.74) is 0. The first kappa shape index (κ1) is 4.77. The summed E-state index contributed by atoms with van der Waals surface area (Å²) < 4.78 is 0. The molecule has 2 atom stereocenters. The molecule has 2 nitrogen and oxygen atoms in total. The van der Waals surface area contributed by atoms with E-state index in [1.165, 1.54) is 12.8 Å². The smallest absolute Gasteiger partial charge is 0.0288 e. The summed E-state index contributed by atoms with van der Waals surface area (Å²) in [6.45, 7) is 2.13. The number of nitrogens with zero attached hydrogens (tertiary/aromatic N) is 1. The van der Waals surface area contributed by atoms with E-state index in [0.29, 0.717) is 0 Å². The molecule has 1 N–H and O–H groups in total. The van der Waals surface area contributed by atoms with Gasteiger partial charge < -0.3 is 5.32 Å². The third kappa shape index (κ3) is 0.644. The second kappa shape index (κ2) is 1.71. The van der Waals surface area contributed by atoms with Crippen LogP contribution in [0.2, 0.25) is 0 Å². The number of hydrogen-bond acceptors (Lipinski definition) is 1. The summed E-state index contributed by atoms with van der Waals surface area (Å²) in [5.74, 6) is 0. The molecule has 2 aliphatic rings. The van der Waals surface area contributed by atoms with Crippen LogP contribution in [-0.2, 0) is 0 Å². The van der Waals surface area contributed by atoms with Gasteiger partial charge in [-0.15, -0.1) is 0 Å². The lowest BCUT2D eigenvalue weighted by Crippen LogP contribution is -2.45. The summed E-state index contributed by atoms with van der Waals surface area (Å²) in [6, 6.07) is 1.49. The van der Waals surface area contributed by atoms with Gasteiger partial charge in [0.1, 0.15) is 0 Å². The Morgan fingerprint density at radius 1 is 1.12 bits per heavy atom. The zero-order valence-corrected chi connectivity index (χ0v) is 4.93. The molecular formula is C6H11N2. The molecule has 2 fully saturated rings. The molecule has 2 rings (SSSR count). The molecular weight excluding hydrogens is 100 g/mol. The molecule has 2 unspecified atom stereocenters. The third-order valence-electron chi connectivity index (χ3n) is 2.03. The van der Waals surface area contributed by atoms with Crippen molar-refractivity contribution in [3.63, 3.8) is 0 Å². The van der Waals surface area contributed by atoms with Crippen molar-refractivity contribution in [2.75, 3.05) is 13.1 Å². The van der Waals surface area contributed by atoms with Crippen LogP contribution in [0.5, 0.6) is 0 Å². The molecule has 0 amide bonds. The van der Waals surface area contributed by atoms with Gasteiger partial charge in [0.15, 0.2) is 0 Å². The van der Waals surface area contributed by atoms with Crippen LogP contribution >= 0.6 is 0 Å². The molecule has 0 aromatic rings. The average molecular weight is 111 g/mol. The van der Waals surface area contributed by atoms with Gasteiger partial charge in [-0.2, -0.15) is 0 Å². The van der Waals surface area contributed by atoms with E-state index >= 15 is 0 Å². The number of nitrogens with one attached hydrogen (secondary N) is 1. The second-order valence-electron chi connectivity index (χ2n) is 2.73. The summed E-state index contributed by atoms with van der Waals surface area (Å²) in [6.07, 6.45) is 2.71. The zero-order valence-electron chi connectivity index (χ0n) is 4.93. The van der Waals surface area contributed by atoms with Gasteiger partial charge in [-0.25, -0.2) is 5.32 Å². The Hall–Kier alpha value is -0.0800. The number of rotatable bonds is 0. The van der Waals surface area contributed by atoms with E-state index in [4.69, 9.17) is 0 Å². The van der Waals surface area contributed by atoms with Crippen molar-refractivity contribution in [2.45, 2.75) is 24.9 Å². The first-order chi connectivity index (χ1) is 3.95. The van der Waals surface area contributed by atoms with Crippen molar-refractivity contribution in [2.24, 2.45) is 0 Å². The quantitative estimate of drug-likeness (QED) is 0.457. The van der Waals surface area contributed by atoms with Crippen LogP contribution in [0, 0.1) is 0 Å². The van der Waals surface area contributed by atoms with Crippen molar-refractivity contribution >= 4 is 0 Å². The first-order valence-electron chi connectivity index (χ1n) is 3.34. The SMILES string of the molecule is C1CC2C[N]CC1N2. The van der Waals surface area contributed by atoms with Crippen LogP contribution in [0.1, 0.15) is 12.8 Å². The van der Waals surface area contributed by atoms with E-state index in [1.807, 2.05) is 0 Å². The Bertz CT molecular complexity index is 78.5. The lowest BCUT2D eigenvalue weighted by atomic mass is 10.2. The normalized spacial score (nSPS) is 45.0. The molecule has 0 aromatic heterocycles. The van der Waals surface area contributed by atoms with Crippen LogP contribution in [0.3, 0.4) is 0 Å². The second-order valence-corrected chi connectivity index (χ2v) is 2.73. The molecule has 2 heterocycles. The predicted molar refractivity (Wildman–Crippen MR) is 31.8 cm³/mol. The van der Waals surface area contributed by atoms with Crippen LogP contribution in [0.4, 0.5) is 0 Å². The molecule has 0 aromatic carbocycles. The standard InChI is InChI=1S/C6H11N2/c1-2-6-4-7-3-5(1)8-6/h5-6,8H,1-4H2. The van der Waals surface area contributed by atoms with Gasteiger partial charge in [0.25, 0.3) is 0 Å². The summed E-state index contributed by atoms with van der Waals surface area (Å²) >= 11 is 0. The van der Waals surface area contributed by atoms with Gasteiger partial charge >= 0.3 is 0 Å². The largest absolute Gasteiger partial charge is 0.309 e. The molecule has 2 bridgehead atoms. The summed E-state index contributed by atoms with van der Waals surface area (Å²) in [4.78, 5) is 0. The van der Waals surface area contributed by atoms with E-state index in [2.05, 4.69) is 10.6 Å². The van der Waals surface area contributed by atoms with Gasteiger partial charge in [-0.1, -0.05) is 0 Å². The topological polar surface area (TPSA) is 26.1 Å². The number of hydrogen-bond donors (Lipinski definition) is 1. The highest BCUT2D eigenvalue weighted by molar-refractivity contribution is 4.90. The van der Waals surface area contributed by atoms with Crippen LogP contribution in [-0.4, -0.2) is 25.2 Å². The Morgan fingerprint density at radius 2 is 1.75 bits per heavy atom. The molecule has 2 aliphatic heterocycles. The van der Waals surface area contributed by atoms with Gasteiger partial charge in [0, 0.05) is 25.2 Å². The van der Waals surface area contributed by atoms with Crippen LogP contribution < -0.4 is 10.6 Å². The van der Waals surface area contributed by atoms with Crippen molar-refractivity contribution < 1.29 is 0 Å². The molecule has 0 spiro atoms. The van der Waals surface area contributed by atoms with Crippen molar-refractivity contribution in [1.82, 2.24) is 10.6 Å². The average Bonchev–Trinajstić information content (AvgIpc) is 2.12. The lowest BCUT2D eigenvalue weighted by molar-refractivity contribution is 0.417. The number of fused-ring (bicyclic) bond motifs is 2. The monoisotopic (exact) mass is 111 g/mol. The van der Waals surface area contributed by atoms with Gasteiger partial charge in [-0.3, -0.25) is 0 Å². The van der Waals surface area contributed by atoms with E-state index in [1.54, 1.807) is 0 Å². The Balaban J connectivity index is 2.03. The highest BCUT2D eigenvalue weighted by Gasteiger charge is 2.27. The fourth-order valence-corrected chi connectivity index (χ4v) is 1.58. The van der Waals surface area contributed by atoms with E-state index in [-0.39, 0.29) is 0 Å². The van der Waals surface area contributed by atoms with E-state index in [9.17, 15) is 0 Å². The highest BCUT2D eigenvalue weighted by atomic mass is 15.1. The fourth-order valence-electron chi connectivity index (χ4n) is 1.58. The number of piperazine rings is 1. The first-order valence-corrected chi connectivity index (χ1v) is 3.34. The van der Waals surface area contributed by atoms with Crippen molar-refractivity contribution in [3.05, 3.63) is 0 Å². The Morgan fingerprint density at radius 3 is 2.25 bits per heavy atom. The minimum absolute atomic E-state index is 0.744. The third-order valence-corrected chi connectivity index (χ3v) is 2.03. The maximum atomic E-state index is 4.34. The van der Waals surface area contributed by atoms with E-state index < -0.39 is 0 Å². The molecule has 2 saturated heterocycles. The lowest BCUT2D eigenvalue weighted by Gasteiger charge is -2.19. The minimum atomic E-state index is 0.744. The molecule has 0 saturated carbocycles. The van der Waals surface area contributed by atoms with Gasteiger partial charge in [0.2, 0.25) is 0 Å². The maximum absolute atomic E-state index is 4.34. The minimum Gasteiger partial charge on any atom is -0.309 e. The van der Waals surface area contributed by atoms with Gasteiger partial charge in [0.05, 0.1) is 0 Å². The molecule has 45 valence electrons. The molecule has 1 radical (unpaired) electrons. The molecule has 2 heteroatoms. The van der Waals surface area contributed by atoms with Crippen molar-refractivity contribution in [1.29, 1.82) is 0 Å². The summed E-state index contributed by atoms with van der Waals surface area (Å²) in [5, 5.41) is 7.84. The Labute approximate surface area is 49.7 Å². The van der Waals surface area contributed by atoms with Crippen molar-refractivity contribution in [3.8, 4) is 0 Å². The van der Waals surface area contributed by atoms with Crippen LogP contribution in [0.15, 0.2) is 0 Å². The van der Waals surface area contributed by atoms with Gasteiger partial charge in [-0.05, 0) is 12.8 Å². The fraction of sp³-hybridized carbons (Fsp3) is 1.00. The zero-order chi connectivity index (χ0) is 5.40. The van der Waals surface area contributed by atoms with E-state index in [0.717, 1.165) is 25.2 Å². The maximum Gasteiger partial charge on any atom is 0.0288 e. The summed E-state index contributed by atoms with van der Waals surface area (Å²) in [7, 11) is 0. The molecule has 8 heavy (non-hydrogen) atoms. The molecule has 0 aliphatic carbocycles. The predicted octanol–water partition coefficient (Wildman–Crippen LogP) is -0.275.